The first-order valence-corrected chi connectivity index (χ1v) is 10.1. The van der Waals surface area contributed by atoms with Gasteiger partial charge in [-0.15, -0.1) is 0 Å². The number of hydrogen-bond acceptors (Lipinski definition) is 3. The Morgan fingerprint density at radius 1 is 0.964 bits per heavy atom. The number of nitrogens with one attached hydrogen (secondary N) is 2. The Balaban J connectivity index is 1.89. The van der Waals surface area contributed by atoms with Crippen LogP contribution in [-0.2, 0) is 27.7 Å². The van der Waals surface area contributed by atoms with Crippen molar-refractivity contribution in [1.82, 2.24) is 4.72 Å². The standard InChI is InChI=1S/C19H21F3N2O3S/c1-2-14-3-5-15(6-4-14)7-12-18(25)24-16-8-10-17(11-9-16)28(26,27)23-13-19(20,21)22/h3-6,8-11,23H,2,7,12-13H2,1H3,(H,24,25). The molecule has 2 N–H and O–H groups in total. The lowest BCUT2D eigenvalue weighted by atomic mass is 10.1. The number of hydrogen-bond donors (Lipinski definition) is 2. The summed E-state index contributed by atoms with van der Waals surface area (Å²) in [6.45, 7) is 0.415. The Morgan fingerprint density at radius 3 is 2.07 bits per heavy atom. The summed E-state index contributed by atoms with van der Waals surface area (Å²) in [5.41, 5.74) is 2.61. The first-order valence-electron chi connectivity index (χ1n) is 8.63. The maximum atomic E-state index is 12.2. The van der Waals surface area contributed by atoms with Gasteiger partial charge in [0.1, 0.15) is 6.54 Å². The molecule has 2 aromatic carbocycles. The molecule has 0 heterocycles. The Bertz CT molecular complexity index is 894. The normalized spacial score (nSPS) is 12.0. The molecule has 0 unspecified atom stereocenters. The van der Waals surface area contributed by atoms with Crippen molar-refractivity contribution in [2.75, 3.05) is 11.9 Å². The van der Waals surface area contributed by atoms with Gasteiger partial charge in [0.05, 0.1) is 4.90 Å². The Kier molecular flexibility index (Phi) is 7.20. The highest BCUT2D eigenvalue weighted by atomic mass is 32.2. The molecule has 2 aromatic rings. The Morgan fingerprint density at radius 2 is 1.54 bits per heavy atom. The van der Waals surface area contributed by atoms with Crippen molar-refractivity contribution in [3.63, 3.8) is 0 Å². The fraction of sp³-hybridized carbons (Fsp3) is 0.316. The molecule has 0 aromatic heterocycles. The number of anilines is 1. The Labute approximate surface area is 162 Å². The van der Waals surface area contributed by atoms with Gasteiger partial charge >= 0.3 is 6.18 Å². The molecule has 0 fully saturated rings. The van der Waals surface area contributed by atoms with Crippen LogP contribution in [0.3, 0.4) is 0 Å². The number of amides is 1. The van der Waals surface area contributed by atoms with Crippen molar-refractivity contribution in [3.8, 4) is 0 Å². The number of sulfonamides is 1. The maximum Gasteiger partial charge on any atom is 0.402 e. The second kappa shape index (κ2) is 9.20. The van der Waals surface area contributed by atoms with E-state index in [0.29, 0.717) is 12.1 Å². The molecule has 0 atom stereocenters. The van der Waals surface area contributed by atoms with Gasteiger partial charge in [0.15, 0.2) is 0 Å². The summed E-state index contributed by atoms with van der Waals surface area (Å²) in [6.07, 6.45) is -2.89. The molecule has 0 bridgehead atoms. The van der Waals surface area contributed by atoms with Crippen molar-refractivity contribution in [2.45, 2.75) is 37.3 Å². The lowest BCUT2D eigenvalue weighted by Crippen LogP contribution is -2.33. The molecule has 0 aliphatic heterocycles. The van der Waals surface area contributed by atoms with Crippen LogP contribution in [0.2, 0.25) is 0 Å². The highest BCUT2D eigenvalue weighted by Crippen LogP contribution is 2.17. The van der Waals surface area contributed by atoms with E-state index in [1.807, 2.05) is 24.3 Å². The van der Waals surface area contributed by atoms with E-state index in [1.54, 1.807) is 0 Å². The van der Waals surface area contributed by atoms with Crippen molar-refractivity contribution >= 4 is 21.6 Å². The van der Waals surface area contributed by atoms with E-state index in [4.69, 9.17) is 0 Å². The molecule has 152 valence electrons. The van der Waals surface area contributed by atoms with Crippen molar-refractivity contribution in [2.24, 2.45) is 0 Å². The molecular formula is C19H21F3N2O3S. The number of rotatable bonds is 8. The van der Waals surface area contributed by atoms with E-state index >= 15 is 0 Å². The summed E-state index contributed by atoms with van der Waals surface area (Å²) in [6, 6.07) is 12.9. The van der Waals surface area contributed by atoms with Crippen LogP contribution in [0.15, 0.2) is 53.4 Å². The molecule has 28 heavy (non-hydrogen) atoms. The minimum absolute atomic E-state index is 0.245. The molecule has 0 spiro atoms. The van der Waals surface area contributed by atoms with E-state index in [-0.39, 0.29) is 17.2 Å². The fourth-order valence-electron chi connectivity index (χ4n) is 2.40. The van der Waals surface area contributed by atoms with Gasteiger partial charge in [0, 0.05) is 12.1 Å². The second-order valence-corrected chi connectivity index (χ2v) is 7.95. The van der Waals surface area contributed by atoms with Crippen LogP contribution in [0.4, 0.5) is 18.9 Å². The molecule has 0 aliphatic rings. The first-order chi connectivity index (χ1) is 13.1. The predicted octanol–water partition coefficient (Wildman–Crippen LogP) is 3.66. The van der Waals surface area contributed by atoms with Crippen LogP contribution >= 0.6 is 0 Å². The van der Waals surface area contributed by atoms with Gasteiger partial charge in [-0.1, -0.05) is 31.2 Å². The predicted molar refractivity (Wildman–Crippen MR) is 100 cm³/mol. The average Bonchev–Trinajstić information content (AvgIpc) is 2.65. The van der Waals surface area contributed by atoms with Gasteiger partial charge in [-0.3, -0.25) is 4.79 Å². The van der Waals surface area contributed by atoms with E-state index < -0.39 is 22.7 Å². The highest BCUT2D eigenvalue weighted by Gasteiger charge is 2.30. The summed E-state index contributed by atoms with van der Waals surface area (Å²) in [7, 11) is -4.27. The van der Waals surface area contributed by atoms with E-state index in [9.17, 15) is 26.4 Å². The largest absolute Gasteiger partial charge is 0.402 e. The summed E-state index contributed by atoms with van der Waals surface area (Å²) < 4.78 is 61.6. The third-order valence-electron chi connectivity index (χ3n) is 3.98. The average molecular weight is 414 g/mol. The molecule has 0 saturated carbocycles. The number of alkyl halides is 3. The zero-order valence-corrected chi connectivity index (χ0v) is 16.0. The zero-order valence-electron chi connectivity index (χ0n) is 15.2. The zero-order chi connectivity index (χ0) is 20.8. The summed E-state index contributed by atoms with van der Waals surface area (Å²) in [5.74, 6) is -0.245. The summed E-state index contributed by atoms with van der Waals surface area (Å²) in [4.78, 5) is 11.7. The van der Waals surface area contributed by atoms with Crippen molar-refractivity contribution in [1.29, 1.82) is 0 Å². The van der Waals surface area contributed by atoms with Crippen LogP contribution in [0.25, 0.3) is 0 Å². The topological polar surface area (TPSA) is 75.3 Å². The van der Waals surface area contributed by atoms with Gasteiger partial charge in [0.25, 0.3) is 0 Å². The van der Waals surface area contributed by atoms with Crippen LogP contribution in [0, 0.1) is 0 Å². The monoisotopic (exact) mass is 414 g/mol. The van der Waals surface area contributed by atoms with E-state index in [0.717, 1.165) is 24.1 Å². The van der Waals surface area contributed by atoms with Gasteiger partial charge in [-0.2, -0.15) is 13.2 Å². The lowest BCUT2D eigenvalue weighted by Gasteiger charge is -2.10. The molecule has 2 rings (SSSR count). The second-order valence-electron chi connectivity index (χ2n) is 6.18. The number of benzene rings is 2. The maximum absolute atomic E-state index is 12.2. The van der Waals surface area contributed by atoms with Crippen molar-refractivity contribution in [3.05, 3.63) is 59.7 Å². The van der Waals surface area contributed by atoms with Crippen LogP contribution < -0.4 is 10.0 Å². The van der Waals surface area contributed by atoms with Gasteiger partial charge in [-0.05, 0) is 48.2 Å². The number of halogens is 3. The minimum Gasteiger partial charge on any atom is -0.326 e. The first kappa shape index (κ1) is 21.9. The third-order valence-corrected chi connectivity index (χ3v) is 5.40. The van der Waals surface area contributed by atoms with Crippen LogP contribution in [-0.4, -0.2) is 27.0 Å². The molecule has 0 radical (unpaired) electrons. The lowest BCUT2D eigenvalue weighted by molar-refractivity contribution is -0.121. The SMILES string of the molecule is CCc1ccc(CCC(=O)Nc2ccc(S(=O)(=O)NCC(F)(F)F)cc2)cc1. The molecule has 0 saturated heterocycles. The molecule has 9 heteroatoms. The quantitative estimate of drug-likeness (QED) is 0.692. The molecular weight excluding hydrogens is 393 g/mol. The molecule has 0 aliphatic carbocycles. The smallest absolute Gasteiger partial charge is 0.326 e. The van der Waals surface area contributed by atoms with Gasteiger partial charge < -0.3 is 5.32 Å². The fourth-order valence-corrected chi connectivity index (χ4v) is 3.42. The number of carbonyl (C=O) groups excluding carboxylic acids is 1. The van der Waals surface area contributed by atoms with E-state index in [1.165, 1.54) is 22.4 Å². The van der Waals surface area contributed by atoms with Gasteiger partial charge in [0.2, 0.25) is 15.9 Å². The summed E-state index contributed by atoms with van der Waals surface area (Å²) >= 11 is 0. The van der Waals surface area contributed by atoms with Crippen molar-refractivity contribution < 1.29 is 26.4 Å². The van der Waals surface area contributed by atoms with Gasteiger partial charge in [-0.25, -0.2) is 13.1 Å². The van der Waals surface area contributed by atoms with E-state index in [2.05, 4.69) is 12.2 Å². The van der Waals surface area contributed by atoms with Crippen LogP contribution in [0.5, 0.6) is 0 Å². The molecule has 5 nitrogen and oxygen atoms in total. The minimum atomic E-state index is -4.64. The number of aryl methyl sites for hydroxylation is 2. The molecule has 1 amide bonds. The highest BCUT2D eigenvalue weighted by molar-refractivity contribution is 7.89. The Hall–Kier alpha value is -2.39. The van der Waals surface area contributed by atoms with Crippen LogP contribution in [0.1, 0.15) is 24.5 Å². The number of carbonyl (C=O) groups is 1. The third kappa shape index (κ3) is 6.97. The summed E-state index contributed by atoms with van der Waals surface area (Å²) in [5, 5.41) is 2.64.